The summed E-state index contributed by atoms with van der Waals surface area (Å²) in [5.74, 6) is -3.31. The number of carboxylic acid groups (broad SMARTS) is 1. The van der Waals surface area contributed by atoms with Gasteiger partial charge in [-0.2, -0.15) is 0 Å². The normalized spacial score (nSPS) is 17.4. The van der Waals surface area contributed by atoms with Gasteiger partial charge in [0.25, 0.3) is 5.92 Å². The van der Waals surface area contributed by atoms with E-state index >= 15 is 0 Å². The highest BCUT2D eigenvalue weighted by molar-refractivity contribution is 5.83. The fraction of sp³-hybridized carbons (Fsp3) is 0.316. The molecule has 0 spiro atoms. The molecule has 1 saturated carbocycles. The molecule has 4 nitrogen and oxygen atoms in total. The Morgan fingerprint density at radius 2 is 1.72 bits per heavy atom. The van der Waals surface area contributed by atoms with Crippen molar-refractivity contribution in [2.75, 3.05) is 12.4 Å². The Balaban J connectivity index is 1.66. The van der Waals surface area contributed by atoms with E-state index in [1.54, 1.807) is 31.4 Å². The molecule has 0 heterocycles. The second-order valence-electron chi connectivity index (χ2n) is 6.38. The predicted molar refractivity (Wildman–Crippen MR) is 90.3 cm³/mol. The van der Waals surface area contributed by atoms with Crippen molar-refractivity contribution in [2.24, 2.45) is 0 Å². The molecule has 0 amide bonds. The van der Waals surface area contributed by atoms with E-state index in [0.717, 1.165) is 17.0 Å². The lowest BCUT2D eigenvalue weighted by Crippen LogP contribution is -2.54. The molecule has 0 radical (unpaired) electrons. The molecule has 0 aromatic heterocycles. The molecular formula is C19H19F2NO3. The highest BCUT2D eigenvalue weighted by Gasteiger charge is 2.62. The molecule has 2 aromatic rings. The minimum Gasteiger partial charge on any atom is -0.497 e. The fourth-order valence-corrected chi connectivity index (χ4v) is 3.16. The maximum Gasteiger partial charge on any atom is 0.314 e. The van der Waals surface area contributed by atoms with Crippen molar-refractivity contribution in [3.63, 3.8) is 0 Å². The summed E-state index contributed by atoms with van der Waals surface area (Å²) >= 11 is 0. The number of hydrogen-bond acceptors (Lipinski definition) is 3. The zero-order valence-corrected chi connectivity index (χ0v) is 13.8. The minimum atomic E-state index is -2.90. The number of anilines is 1. The average molecular weight is 347 g/mol. The van der Waals surface area contributed by atoms with Crippen LogP contribution in [0.3, 0.4) is 0 Å². The second-order valence-corrected chi connectivity index (χ2v) is 6.38. The zero-order valence-electron chi connectivity index (χ0n) is 13.8. The van der Waals surface area contributed by atoms with Gasteiger partial charge in [-0.1, -0.05) is 24.3 Å². The summed E-state index contributed by atoms with van der Waals surface area (Å²) < 4.78 is 31.6. The van der Waals surface area contributed by atoms with Crippen molar-refractivity contribution < 1.29 is 23.4 Å². The molecule has 0 saturated heterocycles. The summed E-state index contributed by atoms with van der Waals surface area (Å²) in [5.41, 5.74) is 0.801. The van der Waals surface area contributed by atoms with Crippen LogP contribution < -0.4 is 10.1 Å². The van der Waals surface area contributed by atoms with Crippen LogP contribution >= 0.6 is 0 Å². The van der Waals surface area contributed by atoms with Gasteiger partial charge in [-0.3, -0.25) is 4.79 Å². The van der Waals surface area contributed by atoms with Crippen molar-refractivity contribution in [3.8, 4) is 5.75 Å². The Kier molecular flexibility index (Phi) is 4.37. The third-order valence-electron chi connectivity index (χ3n) is 4.62. The van der Waals surface area contributed by atoms with E-state index in [1.165, 1.54) is 0 Å². The first-order valence-corrected chi connectivity index (χ1v) is 7.93. The van der Waals surface area contributed by atoms with Gasteiger partial charge in [-0.25, -0.2) is 8.78 Å². The lowest BCUT2D eigenvalue weighted by Gasteiger charge is -2.44. The summed E-state index contributed by atoms with van der Waals surface area (Å²) in [4.78, 5) is 11.5. The first kappa shape index (κ1) is 17.2. The van der Waals surface area contributed by atoms with Gasteiger partial charge in [0.1, 0.15) is 11.2 Å². The standard InChI is InChI=1S/C19H19F2NO3/c1-25-16-8-2-13(3-9-16)10-22-15-6-4-14(5-7-15)18(17(23)24)11-19(20,21)12-18/h2-9,22H,10-12H2,1H3,(H,23,24). The third-order valence-corrected chi connectivity index (χ3v) is 4.62. The Labute approximate surface area is 144 Å². The van der Waals surface area contributed by atoms with Gasteiger partial charge in [0.2, 0.25) is 0 Å². The summed E-state index contributed by atoms with van der Waals surface area (Å²) in [6.07, 6.45) is -1.29. The SMILES string of the molecule is COc1ccc(CNc2ccc(C3(C(=O)O)CC(F)(F)C3)cc2)cc1. The number of rotatable bonds is 6. The maximum atomic E-state index is 13.2. The number of carbonyl (C=O) groups is 1. The first-order chi connectivity index (χ1) is 11.8. The zero-order chi connectivity index (χ0) is 18.1. The second kappa shape index (κ2) is 6.35. The van der Waals surface area contributed by atoms with E-state index in [9.17, 15) is 18.7 Å². The molecule has 1 aliphatic carbocycles. The Hall–Kier alpha value is -2.63. The van der Waals surface area contributed by atoms with E-state index in [0.29, 0.717) is 12.1 Å². The van der Waals surface area contributed by atoms with Crippen molar-refractivity contribution >= 4 is 11.7 Å². The van der Waals surface area contributed by atoms with Crippen LogP contribution in [0.25, 0.3) is 0 Å². The highest BCUT2D eigenvalue weighted by atomic mass is 19.3. The molecule has 1 fully saturated rings. The summed E-state index contributed by atoms with van der Waals surface area (Å²) in [5, 5.41) is 12.6. The summed E-state index contributed by atoms with van der Waals surface area (Å²) in [7, 11) is 1.61. The number of ether oxygens (including phenoxy) is 1. The maximum absolute atomic E-state index is 13.2. The van der Waals surface area contributed by atoms with Gasteiger partial charge in [-0.15, -0.1) is 0 Å². The van der Waals surface area contributed by atoms with E-state index in [1.807, 2.05) is 24.3 Å². The van der Waals surface area contributed by atoms with Crippen molar-refractivity contribution in [1.29, 1.82) is 0 Å². The number of hydrogen-bond donors (Lipinski definition) is 2. The molecular weight excluding hydrogens is 328 g/mol. The molecule has 0 bridgehead atoms. The molecule has 0 aliphatic heterocycles. The van der Waals surface area contributed by atoms with Crippen molar-refractivity contribution in [2.45, 2.75) is 30.7 Å². The average Bonchev–Trinajstić information content (AvgIpc) is 2.58. The highest BCUT2D eigenvalue weighted by Crippen LogP contribution is 2.53. The molecule has 132 valence electrons. The number of methoxy groups -OCH3 is 1. The van der Waals surface area contributed by atoms with Crippen LogP contribution in [0.15, 0.2) is 48.5 Å². The van der Waals surface area contributed by atoms with Crippen LogP contribution in [0, 0.1) is 0 Å². The molecule has 25 heavy (non-hydrogen) atoms. The molecule has 2 N–H and O–H groups in total. The van der Waals surface area contributed by atoms with Crippen LogP contribution in [0.2, 0.25) is 0 Å². The smallest absolute Gasteiger partial charge is 0.314 e. The van der Waals surface area contributed by atoms with Gasteiger partial charge in [0.15, 0.2) is 0 Å². The lowest BCUT2D eigenvalue weighted by molar-refractivity contribution is -0.174. The molecule has 3 rings (SSSR count). The molecule has 2 aromatic carbocycles. The van der Waals surface area contributed by atoms with Gasteiger partial charge in [0.05, 0.1) is 7.11 Å². The van der Waals surface area contributed by atoms with Crippen molar-refractivity contribution in [3.05, 3.63) is 59.7 Å². The third kappa shape index (κ3) is 3.43. The van der Waals surface area contributed by atoms with E-state index in [2.05, 4.69) is 5.32 Å². The van der Waals surface area contributed by atoms with Gasteiger partial charge in [-0.05, 0) is 35.4 Å². The van der Waals surface area contributed by atoms with Gasteiger partial charge >= 0.3 is 5.97 Å². The number of benzene rings is 2. The molecule has 0 unspecified atom stereocenters. The predicted octanol–water partition coefficient (Wildman–Crippen LogP) is 4.06. The quantitative estimate of drug-likeness (QED) is 0.827. The van der Waals surface area contributed by atoms with Crippen LogP contribution in [0.1, 0.15) is 24.0 Å². The monoisotopic (exact) mass is 347 g/mol. The van der Waals surface area contributed by atoms with E-state index in [4.69, 9.17) is 4.74 Å². The Morgan fingerprint density at radius 1 is 1.12 bits per heavy atom. The first-order valence-electron chi connectivity index (χ1n) is 7.93. The van der Waals surface area contributed by atoms with Gasteiger partial charge < -0.3 is 15.2 Å². The number of carboxylic acids is 1. The lowest BCUT2D eigenvalue weighted by atomic mass is 9.62. The van der Waals surface area contributed by atoms with E-state index in [-0.39, 0.29) is 0 Å². The molecule has 6 heteroatoms. The fourth-order valence-electron chi connectivity index (χ4n) is 3.16. The van der Waals surface area contributed by atoms with Gasteiger partial charge in [0, 0.05) is 25.1 Å². The Bertz CT molecular complexity index is 749. The minimum absolute atomic E-state index is 0.418. The number of aliphatic carboxylic acids is 1. The van der Waals surface area contributed by atoms with E-state index < -0.39 is 30.1 Å². The van der Waals surface area contributed by atoms with Crippen LogP contribution in [0.5, 0.6) is 5.75 Å². The summed E-state index contributed by atoms with van der Waals surface area (Å²) in [6, 6.07) is 14.3. The Morgan fingerprint density at radius 3 is 2.20 bits per heavy atom. The largest absolute Gasteiger partial charge is 0.497 e. The number of nitrogens with one attached hydrogen (secondary N) is 1. The topological polar surface area (TPSA) is 58.6 Å². The molecule has 1 aliphatic rings. The molecule has 0 atom stereocenters. The van der Waals surface area contributed by atoms with Crippen LogP contribution in [-0.2, 0) is 16.8 Å². The number of alkyl halides is 2. The van der Waals surface area contributed by atoms with Crippen LogP contribution in [0.4, 0.5) is 14.5 Å². The van der Waals surface area contributed by atoms with Crippen LogP contribution in [-0.4, -0.2) is 24.1 Å². The van der Waals surface area contributed by atoms with Crippen molar-refractivity contribution in [1.82, 2.24) is 0 Å². The summed E-state index contributed by atoms with van der Waals surface area (Å²) in [6.45, 7) is 0.589. The number of halogens is 2.